The number of nitrogens with one attached hydrogen (secondary N) is 3. The molecule has 0 bridgehead atoms. The summed E-state index contributed by atoms with van der Waals surface area (Å²) in [7, 11) is 0. The van der Waals surface area contributed by atoms with Crippen molar-refractivity contribution in [2.24, 2.45) is 5.73 Å². The first kappa shape index (κ1) is 29.0. The highest BCUT2D eigenvalue weighted by Crippen LogP contribution is 2.06. The fourth-order valence-corrected chi connectivity index (χ4v) is 3.24. The molecule has 0 aliphatic heterocycles. The van der Waals surface area contributed by atoms with Gasteiger partial charge in [-0.2, -0.15) is 23.5 Å². The van der Waals surface area contributed by atoms with E-state index in [4.69, 9.17) is 21.1 Å². The number of hydrogen-bond donors (Lipinski definition) is 7. The lowest BCUT2D eigenvalue weighted by atomic mass is 10.1. The summed E-state index contributed by atoms with van der Waals surface area (Å²) < 4.78 is 0. The van der Waals surface area contributed by atoms with Crippen molar-refractivity contribution < 1.29 is 39.3 Å². The Balaban J connectivity index is 5.32. The molecule has 14 heteroatoms. The molecule has 0 aromatic heterocycles. The Kier molecular flexibility index (Phi) is 14.7. The van der Waals surface area contributed by atoms with Gasteiger partial charge < -0.3 is 37.0 Å². The molecule has 0 aliphatic rings. The van der Waals surface area contributed by atoms with Crippen molar-refractivity contribution in [2.45, 2.75) is 43.4 Å². The average Bonchev–Trinajstić information content (AvgIpc) is 2.70. The topological polar surface area (TPSA) is 208 Å². The fraction of sp³-hybridized carbons (Fsp3) is 0.706. The third-order valence-electron chi connectivity index (χ3n) is 4.02. The molecule has 0 rings (SSSR count). The van der Waals surface area contributed by atoms with Gasteiger partial charge in [-0.25, -0.2) is 4.79 Å². The molecule has 0 radical (unpaired) electrons. The number of thioether (sulfide) groups is 2. The first-order valence-electron chi connectivity index (χ1n) is 9.27. The number of rotatable bonds is 16. The second-order valence-corrected chi connectivity index (χ2v) is 8.44. The zero-order valence-electron chi connectivity index (χ0n) is 17.3. The summed E-state index contributed by atoms with van der Waals surface area (Å²) in [5.74, 6) is -4.04. The van der Waals surface area contributed by atoms with Gasteiger partial charge >= 0.3 is 11.9 Å². The van der Waals surface area contributed by atoms with Crippen LogP contribution in [0, 0.1) is 0 Å². The maximum Gasteiger partial charge on any atom is 0.328 e. The van der Waals surface area contributed by atoms with E-state index in [-0.39, 0.29) is 12.8 Å². The number of aliphatic hydroxyl groups is 1. The third-order valence-corrected chi connectivity index (χ3v) is 5.30. The molecule has 0 aromatic rings. The lowest BCUT2D eigenvalue weighted by Gasteiger charge is -2.24. The maximum atomic E-state index is 12.8. The molecule has 0 fully saturated rings. The van der Waals surface area contributed by atoms with Crippen LogP contribution in [0.4, 0.5) is 0 Å². The van der Waals surface area contributed by atoms with Crippen LogP contribution in [0.5, 0.6) is 0 Å². The summed E-state index contributed by atoms with van der Waals surface area (Å²) in [5, 5.41) is 33.9. The zero-order valence-corrected chi connectivity index (χ0v) is 19.0. The predicted octanol–water partition coefficient (Wildman–Crippen LogP) is -2.17. The number of aliphatic hydroxyl groups excluding tert-OH is 1. The number of carbonyl (C=O) groups is 5. The van der Waals surface area contributed by atoms with Crippen LogP contribution in [0.3, 0.4) is 0 Å². The van der Waals surface area contributed by atoms with Crippen LogP contribution in [0.15, 0.2) is 0 Å². The Hall–Kier alpha value is -2.03. The van der Waals surface area contributed by atoms with E-state index < -0.39 is 66.9 Å². The van der Waals surface area contributed by atoms with Crippen molar-refractivity contribution in [1.29, 1.82) is 0 Å². The van der Waals surface area contributed by atoms with Gasteiger partial charge in [0.25, 0.3) is 0 Å². The van der Waals surface area contributed by atoms with E-state index in [9.17, 15) is 24.0 Å². The zero-order chi connectivity index (χ0) is 24.0. The molecule has 31 heavy (non-hydrogen) atoms. The molecule has 4 unspecified atom stereocenters. The second-order valence-electron chi connectivity index (χ2n) is 6.47. The summed E-state index contributed by atoms with van der Waals surface area (Å²) in [6.07, 6.45) is 3.35. The monoisotopic (exact) mass is 482 g/mol. The Labute approximate surface area is 188 Å². The highest BCUT2D eigenvalue weighted by atomic mass is 32.2. The van der Waals surface area contributed by atoms with E-state index >= 15 is 0 Å². The summed E-state index contributed by atoms with van der Waals surface area (Å²) in [6, 6.07) is -5.05. The van der Waals surface area contributed by atoms with Gasteiger partial charge in [0.1, 0.15) is 18.1 Å². The van der Waals surface area contributed by atoms with E-state index in [1.54, 1.807) is 12.5 Å². The summed E-state index contributed by atoms with van der Waals surface area (Å²) in [5.41, 5.74) is 5.53. The van der Waals surface area contributed by atoms with Gasteiger partial charge in [-0.05, 0) is 36.9 Å². The molecule has 0 aromatic carbocycles. The standard InChI is InChI=1S/C17H30N4O8S2/c1-30-5-3-10(19-14(25)9(18)7-13(23)24)15(26)20-11(4-6-31-2)16(27)21-12(8-22)17(28)29/h9-12,22H,3-8,18H2,1-2H3,(H,19,25)(H,20,26)(H,21,27)(H,23,24)(H,28,29). The van der Waals surface area contributed by atoms with Crippen LogP contribution in [0.25, 0.3) is 0 Å². The fourth-order valence-electron chi connectivity index (χ4n) is 2.30. The lowest BCUT2D eigenvalue weighted by molar-refractivity contribution is -0.143. The van der Waals surface area contributed by atoms with Crippen molar-refractivity contribution in [3.8, 4) is 0 Å². The minimum absolute atomic E-state index is 0.179. The van der Waals surface area contributed by atoms with Gasteiger partial charge in [-0.15, -0.1) is 0 Å². The van der Waals surface area contributed by atoms with Crippen LogP contribution in [0.2, 0.25) is 0 Å². The number of hydrogen-bond acceptors (Lipinski definition) is 9. The van der Waals surface area contributed by atoms with Crippen molar-refractivity contribution in [3.63, 3.8) is 0 Å². The van der Waals surface area contributed by atoms with Crippen molar-refractivity contribution >= 4 is 53.2 Å². The lowest BCUT2D eigenvalue weighted by Crippen LogP contribution is -2.57. The van der Waals surface area contributed by atoms with Crippen LogP contribution in [-0.2, 0) is 24.0 Å². The molecule has 178 valence electrons. The first-order chi connectivity index (χ1) is 14.6. The normalized spacial score (nSPS) is 14.6. The Bertz CT molecular complexity index is 637. The minimum Gasteiger partial charge on any atom is -0.481 e. The molecule has 12 nitrogen and oxygen atoms in total. The van der Waals surface area contributed by atoms with Gasteiger partial charge in [0, 0.05) is 0 Å². The van der Waals surface area contributed by atoms with Crippen LogP contribution >= 0.6 is 23.5 Å². The van der Waals surface area contributed by atoms with Crippen molar-refractivity contribution in [2.75, 3.05) is 30.6 Å². The van der Waals surface area contributed by atoms with Gasteiger partial charge in [-0.1, -0.05) is 0 Å². The highest BCUT2D eigenvalue weighted by molar-refractivity contribution is 7.98. The van der Waals surface area contributed by atoms with E-state index in [2.05, 4.69) is 16.0 Å². The van der Waals surface area contributed by atoms with Gasteiger partial charge in [-0.3, -0.25) is 19.2 Å². The molecule has 0 saturated heterocycles. The van der Waals surface area contributed by atoms with Crippen LogP contribution in [-0.4, -0.2) is 99.8 Å². The smallest absolute Gasteiger partial charge is 0.328 e. The van der Waals surface area contributed by atoms with Gasteiger partial charge in [0.2, 0.25) is 17.7 Å². The number of carbonyl (C=O) groups excluding carboxylic acids is 3. The number of carboxylic acid groups (broad SMARTS) is 2. The summed E-state index contributed by atoms with van der Waals surface area (Å²) in [4.78, 5) is 59.1. The quantitative estimate of drug-likeness (QED) is 0.126. The van der Waals surface area contributed by atoms with Gasteiger partial charge in [0.05, 0.1) is 19.1 Å². The summed E-state index contributed by atoms with van der Waals surface area (Å²) in [6.45, 7) is -0.821. The molecule has 4 atom stereocenters. The molecule has 0 saturated carbocycles. The minimum atomic E-state index is -1.53. The highest BCUT2D eigenvalue weighted by Gasteiger charge is 2.30. The molecule has 3 amide bonds. The Morgan fingerprint density at radius 1 is 0.806 bits per heavy atom. The number of aliphatic carboxylic acids is 2. The largest absolute Gasteiger partial charge is 0.481 e. The average molecular weight is 483 g/mol. The predicted molar refractivity (Wildman–Crippen MR) is 117 cm³/mol. The van der Waals surface area contributed by atoms with Gasteiger partial charge in [0.15, 0.2) is 0 Å². The van der Waals surface area contributed by atoms with E-state index in [1.165, 1.54) is 23.5 Å². The van der Waals surface area contributed by atoms with E-state index in [0.29, 0.717) is 11.5 Å². The van der Waals surface area contributed by atoms with Crippen molar-refractivity contribution in [3.05, 3.63) is 0 Å². The SMILES string of the molecule is CSCCC(NC(=O)C(N)CC(=O)O)C(=O)NC(CCSC)C(=O)NC(CO)C(=O)O. The third kappa shape index (κ3) is 11.8. The second kappa shape index (κ2) is 15.7. The molecule has 0 spiro atoms. The van der Waals surface area contributed by atoms with Crippen LogP contribution in [0.1, 0.15) is 19.3 Å². The van der Waals surface area contributed by atoms with Crippen molar-refractivity contribution in [1.82, 2.24) is 16.0 Å². The first-order valence-corrected chi connectivity index (χ1v) is 12.1. The molecule has 0 heterocycles. The summed E-state index contributed by atoms with van der Waals surface area (Å²) >= 11 is 2.82. The Morgan fingerprint density at radius 3 is 1.58 bits per heavy atom. The molecule has 0 aliphatic carbocycles. The number of nitrogens with two attached hydrogens (primary N) is 1. The molecular formula is C17H30N4O8S2. The molecular weight excluding hydrogens is 452 g/mol. The van der Waals surface area contributed by atoms with Crippen LogP contribution < -0.4 is 21.7 Å². The maximum absolute atomic E-state index is 12.8. The number of carboxylic acids is 2. The van der Waals surface area contributed by atoms with E-state index in [0.717, 1.165) is 0 Å². The molecule has 8 N–H and O–H groups in total. The van der Waals surface area contributed by atoms with E-state index in [1.807, 2.05) is 0 Å². The number of amides is 3. The Morgan fingerprint density at radius 2 is 1.23 bits per heavy atom.